The number of hydrogen-bond donors (Lipinski definition) is 0. The van der Waals surface area contributed by atoms with Crippen molar-refractivity contribution < 1.29 is 4.79 Å². The van der Waals surface area contributed by atoms with Crippen molar-refractivity contribution in [3.8, 4) is 0 Å². The quantitative estimate of drug-likeness (QED) is 0.725. The van der Waals surface area contributed by atoms with Crippen LogP contribution in [-0.4, -0.2) is 17.9 Å². The van der Waals surface area contributed by atoms with Gasteiger partial charge in [0.1, 0.15) is 0 Å². The van der Waals surface area contributed by atoms with Crippen LogP contribution in [0.3, 0.4) is 0 Å². The predicted molar refractivity (Wildman–Crippen MR) is 71.7 cm³/mol. The molecular weight excluding hydrogens is 210 g/mol. The number of carbonyl (C=O) groups excluding carboxylic acids is 1. The molecule has 0 bridgehead atoms. The van der Waals surface area contributed by atoms with Crippen LogP contribution >= 0.6 is 0 Å². The minimum absolute atomic E-state index is 0.100. The van der Waals surface area contributed by atoms with E-state index in [4.69, 9.17) is 0 Å². The summed E-state index contributed by atoms with van der Waals surface area (Å²) in [6, 6.07) is 10.2. The Morgan fingerprint density at radius 1 is 1.35 bits per heavy atom. The maximum atomic E-state index is 12.1. The van der Waals surface area contributed by atoms with Crippen LogP contribution in [0, 0.1) is 0 Å². The van der Waals surface area contributed by atoms with Crippen LogP contribution in [0.4, 0.5) is 0 Å². The summed E-state index contributed by atoms with van der Waals surface area (Å²) in [5.41, 5.74) is 1.98. The number of likely N-dealkylation sites (N-methyl/N-ethyl adjacent to an activating group) is 1. The average molecular weight is 231 g/mol. The zero-order chi connectivity index (χ0) is 12.8. The van der Waals surface area contributed by atoms with E-state index in [9.17, 15) is 4.79 Å². The highest BCUT2D eigenvalue weighted by atomic mass is 16.2. The Kier molecular flexibility index (Phi) is 4.95. The highest BCUT2D eigenvalue weighted by Gasteiger charge is 2.17. The van der Waals surface area contributed by atoms with Crippen molar-refractivity contribution in [2.45, 2.75) is 33.2 Å². The summed E-state index contributed by atoms with van der Waals surface area (Å²) < 4.78 is 0. The molecule has 0 fully saturated rings. The monoisotopic (exact) mass is 231 g/mol. The Morgan fingerprint density at radius 3 is 2.47 bits per heavy atom. The van der Waals surface area contributed by atoms with Gasteiger partial charge < -0.3 is 4.90 Å². The number of rotatable bonds is 4. The highest BCUT2D eigenvalue weighted by Crippen LogP contribution is 2.19. The second-order valence-electron chi connectivity index (χ2n) is 4.30. The third-order valence-electron chi connectivity index (χ3n) is 3.03. The number of nitrogens with zero attached hydrogens (tertiary/aromatic N) is 1. The summed E-state index contributed by atoms with van der Waals surface area (Å²) >= 11 is 0. The van der Waals surface area contributed by atoms with Gasteiger partial charge >= 0.3 is 0 Å². The van der Waals surface area contributed by atoms with E-state index in [0.29, 0.717) is 0 Å². The fourth-order valence-electron chi connectivity index (χ4n) is 1.80. The molecule has 0 N–H and O–H groups in total. The molecule has 1 aromatic carbocycles. The van der Waals surface area contributed by atoms with Gasteiger partial charge in [0, 0.05) is 12.6 Å². The minimum atomic E-state index is 0.100. The molecule has 0 heterocycles. The van der Waals surface area contributed by atoms with Crippen LogP contribution in [0.5, 0.6) is 0 Å². The molecule has 92 valence electrons. The lowest BCUT2D eigenvalue weighted by atomic mass is 10.1. The van der Waals surface area contributed by atoms with Gasteiger partial charge in [-0.15, -0.1) is 0 Å². The van der Waals surface area contributed by atoms with E-state index in [2.05, 4.69) is 0 Å². The third-order valence-corrected chi connectivity index (χ3v) is 3.03. The third kappa shape index (κ3) is 3.45. The Hall–Kier alpha value is -1.57. The van der Waals surface area contributed by atoms with Crippen molar-refractivity contribution >= 4 is 5.91 Å². The zero-order valence-corrected chi connectivity index (χ0v) is 11.1. The molecule has 0 saturated heterocycles. The first-order chi connectivity index (χ1) is 8.07. The van der Waals surface area contributed by atoms with E-state index in [0.717, 1.165) is 17.6 Å². The van der Waals surface area contributed by atoms with Crippen LogP contribution < -0.4 is 0 Å². The minimum Gasteiger partial charge on any atom is -0.335 e. The van der Waals surface area contributed by atoms with Gasteiger partial charge in [-0.2, -0.15) is 0 Å². The molecule has 1 aromatic rings. The molecule has 1 unspecified atom stereocenters. The van der Waals surface area contributed by atoms with E-state index in [1.54, 1.807) is 4.90 Å². The van der Waals surface area contributed by atoms with Gasteiger partial charge in [0.25, 0.3) is 0 Å². The highest BCUT2D eigenvalue weighted by molar-refractivity contribution is 5.92. The van der Waals surface area contributed by atoms with E-state index >= 15 is 0 Å². The molecule has 1 rings (SSSR count). The normalized spacial score (nSPS) is 13.3. The van der Waals surface area contributed by atoms with Crippen LogP contribution in [-0.2, 0) is 4.79 Å². The van der Waals surface area contributed by atoms with E-state index in [1.807, 2.05) is 64.2 Å². The molecule has 0 aliphatic carbocycles. The Balaban J connectivity index is 2.80. The zero-order valence-electron chi connectivity index (χ0n) is 11.1. The second-order valence-corrected chi connectivity index (χ2v) is 4.30. The summed E-state index contributed by atoms with van der Waals surface area (Å²) in [4.78, 5) is 13.9. The lowest BCUT2D eigenvalue weighted by Gasteiger charge is -2.25. The summed E-state index contributed by atoms with van der Waals surface area (Å²) in [5, 5.41) is 0. The summed E-state index contributed by atoms with van der Waals surface area (Å²) in [5.74, 6) is 0.100. The molecular formula is C15H21NO. The molecule has 2 nitrogen and oxygen atoms in total. The number of benzene rings is 1. The summed E-state index contributed by atoms with van der Waals surface area (Å²) in [6.07, 6.45) is 2.86. The molecule has 1 amide bonds. The van der Waals surface area contributed by atoms with E-state index in [1.165, 1.54) is 0 Å². The largest absolute Gasteiger partial charge is 0.335 e. The van der Waals surface area contributed by atoms with Crippen molar-refractivity contribution in [1.82, 2.24) is 4.90 Å². The molecule has 0 saturated carbocycles. The predicted octanol–water partition coefficient (Wildman–Crippen LogP) is 3.56. The topological polar surface area (TPSA) is 20.3 Å². The van der Waals surface area contributed by atoms with Gasteiger partial charge in [0.2, 0.25) is 5.91 Å². The van der Waals surface area contributed by atoms with E-state index < -0.39 is 0 Å². The Bertz CT molecular complexity index is 395. The van der Waals surface area contributed by atoms with Crippen LogP contribution in [0.1, 0.15) is 38.8 Å². The summed E-state index contributed by atoms with van der Waals surface area (Å²) in [7, 11) is 1.85. The SMILES string of the molecule is CC/C=C(/C)C(=O)N(C)C(C)c1ccccc1. The van der Waals surface area contributed by atoms with Crippen LogP contribution in [0.15, 0.2) is 42.0 Å². The number of allylic oxidation sites excluding steroid dienone is 1. The smallest absolute Gasteiger partial charge is 0.249 e. The average Bonchev–Trinajstić information content (AvgIpc) is 2.37. The molecule has 0 aliphatic heterocycles. The molecule has 0 radical (unpaired) electrons. The fourth-order valence-corrected chi connectivity index (χ4v) is 1.80. The number of carbonyl (C=O) groups is 1. The van der Waals surface area contributed by atoms with Crippen molar-refractivity contribution in [3.05, 3.63) is 47.5 Å². The lowest BCUT2D eigenvalue weighted by Crippen LogP contribution is -2.30. The number of amides is 1. The van der Waals surface area contributed by atoms with Crippen LogP contribution in [0.2, 0.25) is 0 Å². The van der Waals surface area contributed by atoms with Crippen LogP contribution in [0.25, 0.3) is 0 Å². The van der Waals surface area contributed by atoms with Gasteiger partial charge in [0.05, 0.1) is 6.04 Å². The van der Waals surface area contributed by atoms with Crippen molar-refractivity contribution in [2.24, 2.45) is 0 Å². The van der Waals surface area contributed by atoms with E-state index in [-0.39, 0.29) is 11.9 Å². The molecule has 0 spiro atoms. The first-order valence-corrected chi connectivity index (χ1v) is 6.06. The molecule has 1 atom stereocenters. The van der Waals surface area contributed by atoms with Gasteiger partial charge in [-0.05, 0) is 25.8 Å². The Labute approximate surface area is 104 Å². The maximum Gasteiger partial charge on any atom is 0.249 e. The summed E-state index contributed by atoms with van der Waals surface area (Å²) in [6.45, 7) is 5.96. The van der Waals surface area contributed by atoms with Gasteiger partial charge in [-0.1, -0.05) is 43.3 Å². The van der Waals surface area contributed by atoms with Crippen molar-refractivity contribution in [3.63, 3.8) is 0 Å². The first-order valence-electron chi connectivity index (χ1n) is 6.06. The lowest BCUT2D eigenvalue weighted by molar-refractivity contribution is -0.127. The molecule has 0 aliphatic rings. The second kappa shape index (κ2) is 6.24. The van der Waals surface area contributed by atoms with Gasteiger partial charge in [-0.3, -0.25) is 4.79 Å². The standard InChI is InChI=1S/C15H21NO/c1-5-9-12(2)15(17)16(4)13(3)14-10-7-6-8-11-14/h6-11,13H,5H2,1-4H3/b12-9-. The maximum absolute atomic E-state index is 12.1. The molecule has 17 heavy (non-hydrogen) atoms. The first kappa shape index (κ1) is 13.5. The van der Waals surface area contributed by atoms with Gasteiger partial charge in [-0.25, -0.2) is 0 Å². The fraction of sp³-hybridized carbons (Fsp3) is 0.400. The van der Waals surface area contributed by atoms with Crippen molar-refractivity contribution in [1.29, 1.82) is 0 Å². The van der Waals surface area contributed by atoms with Gasteiger partial charge in [0.15, 0.2) is 0 Å². The molecule has 0 aromatic heterocycles. The Morgan fingerprint density at radius 2 is 1.94 bits per heavy atom. The molecule has 2 heteroatoms. The number of hydrogen-bond acceptors (Lipinski definition) is 1. The van der Waals surface area contributed by atoms with Crippen molar-refractivity contribution in [2.75, 3.05) is 7.05 Å².